The number of aromatic nitrogens is 3. The molecule has 0 spiro atoms. The molecule has 0 saturated carbocycles. The predicted octanol–water partition coefficient (Wildman–Crippen LogP) is 2.00. The summed E-state index contributed by atoms with van der Waals surface area (Å²) in [5.74, 6) is 0.914. The fraction of sp³-hybridized carbons (Fsp3) is 0.357. The van der Waals surface area contributed by atoms with E-state index in [4.69, 9.17) is 0 Å². The smallest absolute Gasteiger partial charge is 0.349 e. The monoisotopic (exact) mass is 312 g/mol. The zero-order chi connectivity index (χ0) is 16.3. The van der Waals surface area contributed by atoms with E-state index in [1.54, 1.807) is 18.5 Å². The van der Waals surface area contributed by atoms with Gasteiger partial charge in [0.25, 0.3) is 0 Å². The van der Waals surface area contributed by atoms with Gasteiger partial charge >= 0.3 is 6.18 Å². The number of halogens is 3. The Kier molecular flexibility index (Phi) is 4.48. The van der Waals surface area contributed by atoms with Crippen molar-refractivity contribution < 1.29 is 18.0 Å². The van der Waals surface area contributed by atoms with Crippen molar-refractivity contribution >= 4 is 5.91 Å². The van der Waals surface area contributed by atoms with Crippen LogP contribution in [0.3, 0.4) is 0 Å². The second-order valence-electron chi connectivity index (χ2n) is 4.87. The van der Waals surface area contributed by atoms with Gasteiger partial charge in [-0.05, 0) is 18.6 Å². The Labute approximate surface area is 125 Å². The van der Waals surface area contributed by atoms with Gasteiger partial charge in [0.05, 0.1) is 18.5 Å². The van der Waals surface area contributed by atoms with Gasteiger partial charge < -0.3 is 9.88 Å². The molecule has 0 aliphatic rings. The second-order valence-corrected chi connectivity index (χ2v) is 4.87. The molecule has 2 aromatic rings. The Hall–Kier alpha value is -2.38. The van der Waals surface area contributed by atoms with E-state index >= 15 is 0 Å². The minimum absolute atomic E-state index is 0.124. The molecule has 1 heterocycles. The number of benzene rings is 1. The molecular formula is C14H15F3N4O. The average Bonchev–Trinajstić information content (AvgIpc) is 2.76. The van der Waals surface area contributed by atoms with Crippen molar-refractivity contribution in [3.05, 3.63) is 47.0 Å². The van der Waals surface area contributed by atoms with Gasteiger partial charge in [0.2, 0.25) is 5.91 Å². The lowest BCUT2D eigenvalue weighted by atomic mass is 10.1. The largest absolute Gasteiger partial charge is 0.416 e. The van der Waals surface area contributed by atoms with E-state index < -0.39 is 11.7 Å². The normalized spacial score (nSPS) is 11.5. The number of nitrogens with one attached hydrogen (secondary N) is 1. The van der Waals surface area contributed by atoms with Crippen LogP contribution in [-0.4, -0.2) is 20.7 Å². The van der Waals surface area contributed by atoms with Crippen molar-refractivity contribution in [2.75, 3.05) is 0 Å². The maximum absolute atomic E-state index is 12.6. The SMILES string of the molecule is Cc1nnc(CNC(=O)Cc2cccc(C(F)(F)F)c2)n1C. The first-order valence-electron chi connectivity index (χ1n) is 6.55. The van der Waals surface area contributed by atoms with Gasteiger partial charge in [-0.3, -0.25) is 4.79 Å². The molecule has 1 aromatic carbocycles. The molecule has 1 aromatic heterocycles. The lowest BCUT2D eigenvalue weighted by Gasteiger charge is -2.09. The van der Waals surface area contributed by atoms with Crippen LogP contribution >= 0.6 is 0 Å². The molecule has 1 N–H and O–H groups in total. The summed E-state index contributed by atoms with van der Waals surface area (Å²) in [5, 5.41) is 10.4. The van der Waals surface area contributed by atoms with Crippen LogP contribution in [0.4, 0.5) is 13.2 Å². The highest BCUT2D eigenvalue weighted by Gasteiger charge is 2.30. The lowest BCUT2D eigenvalue weighted by Crippen LogP contribution is -2.26. The lowest BCUT2D eigenvalue weighted by molar-refractivity contribution is -0.137. The standard InChI is InChI=1S/C14H15F3N4O/c1-9-19-20-12(21(9)2)8-18-13(22)7-10-4-3-5-11(6-10)14(15,16)17/h3-6H,7-8H2,1-2H3,(H,18,22). The number of alkyl halides is 3. The molecular weight excluding hydrogens is 297 g/mol. The zero-order valence-corrected chi connectivity index (χ0v) is 12.1. The van der Waals surface area contributed by atoms with Crippen molar-refractivity contribution in [2.45, 2.75) is 26.1 Å². The van der Waals surface area contributed by atoms with Crippen LogP contribution in [-0.2, 0) is 31.0 Å². The molecule has 2 rings (SSSR count). The summed E-state index contributed by atoms with van der Waals surface area (Å²) in [6.07, 6.45) is -4.54. The van der Waals surface area contributed by atoms with Gasteiger partial charge in [-0.15, -0.1) is 10.2 Å². The van der Waals surface area contributed by atoms with Crippen LogP contribution in [0.5, 0.6) is 0 Å². The number of rotatable bonds is 4. The first-order valence-corrected chi connectivity index (χ1v) is 6.55. The van der Waals surface area contributed by atoms with E-state index in [-0.39, 0.29) is 18.9 Å². The fourth-order valence-electron chi connectivity index (χ4n) is 1.89. The van der Waals surface area contributed by atoms with Gasteiger partial charge in [-0.1, -0.05) is 18.2 Å². The number of hydrogen-bond acceptors (Lipinski definition) is 3. The number of carbonyl (C=O) groups is 1. The summed E-state index contributed by atoms with van der Waals surface area (Å²) in [5.41, 5.74) is -0.455. The summed E-state index contributed by atoms with van der Waals surface area (Å²) in [6.45, 7) is 1.95. The van der Waals surface area contributed by atoms with E-state index in [1.807, 2.05) is 0 Å². The Bertz CT molecular complexity index is 679. The first-order chi connectivity index (χ1) is 10.3. The maximum Gasteiger partial charge on any atom is 0.416 e. The summed E-state index contributed by atoms with van der Waals surface area (Å²) in [6, 6.07) is 4.73. The molecule has 5 nitrogen and oxygen atoms in total. The Morgan fingerprint density at radius 3 is 2.64 bits per heavy atom. The van der Waals surface area contributed by atoms with E-state index in [1.165, 1.54) is 12.1 Å². The third-order valence-electron chi connectivity index (χ3n) is 3.25. The molecule has 0 bridgehead atoms. The number of carbonyl (C=O) groups excluding carboxylic acids is 1. The highest BCUT2D eigenvalue weighted by molar-refractivity contribution is 5.78. The van der Waals surface area contributed by atoms with Crippen LogP contribution in [0, 0.1) is 6.92 Å². The molecule has 0 fully saturated rings. The maximum atomic E-state index is 12.6. The summed E-state index contributed by atoms with van der Waals surface area (Å²) < 4.78 is 39.5. The number of amides is 1. The van der Waals surface area contributed by atoms with Crippen molar-refractivity contribution in [2.24, 2.45) is 7.05 Å². The predicted molar refractivity (Wildman–Crippen MR) is 72.7 cm³/mol. The summed E-state index contributed by atoms with van der Waals surface area (Å²) in [4.78, 5) is 11.8. The van der Waals surface area contributed by atoms with Crippen LogP contribution in [0.15, 0.2) is 24.3 Å². The van der Waals surface area contributed by atoms with Gasteiger partial charge in [0.1, 0.15) is 5.82 Å². The van der Waals surface area contributed by atoms with E-state index in [0.717, 1.165) is 12.1 Å². The highest BCUT2D eigenvalue weighted by atomic mass is 19.4. The number of aryl methyl sites for hydroxylation is 1. The molecule has 8 heteroatoms. The van der Waals surface area contributed by atoms with Crippen molar-refractivity contribution in [3.8, 4) is 0 Å². The fourth-order valence-corrected chi connectivity index (χ4v) is 1.89. The first kappa shape index (κ1) is 16.0. The van der Waals surface area contributed by atoms with Gasteiger partial charge in [-0.2, -0.15) is 13.2 Å². The molecule has 0 radical (unpaired) electrons. The summed E-state index contributed by atoms with van der Waals surface area (Å²) >= 11 is 0. The molecule has 0 unspecified atom stereocenters. The Morgan fingerprint density at radius 1 is 1.32 bits per heavy atom. The average molecular weight is 312 g/mol. The van der Waals surface area contributed by atoms with Gasteiger partial charge in [0.15, 0.2) is 5.82 Å². The third kappa shape index (κ3) is 3.84. The van der Waals surface area contributed by atoms with E-state index in [0.29, 0.717) is 17.2 Å². The van der Waals surface area contributed by atoms with Crippen LogP contribution in [0.25, 0.3) is 0 Å². The molecule has 1 amide bonds. The quantitative estimate of drug-likeness (QED) is 0.939. The molecule has 0 atom stereocenters. The van der Waals surface area contributed by atoms with Gasteiger partial charge in [-0.25, -0.2) is 0 Å². The molecule has 0 aliphatic heterocycles. The summed E-state index contributed by atoms with van der Waals surface area (Å²) in [7, 11) is 1.77. The highest BCUT2D eigenvalue weighted by Crippen LogP contribution is 2.29. The molecule has 22 heavy (non-hydrogen) atoms. The minimum atomic E-state index is -4.41. The van der Waals surface area contributed by atoms with Crippen LogP contribution in [0.1, 0.15) is 22.8 Å². The van der Waals surface area contributed by atoms with Crippen molar-refractivity contribution in [1.82, 2.24) is 20.1 Å². The van der Waals surface area contributed by atoms with Crippen LogP contribution < -0.4 is 5.32 Å². The third-order valence-corrected chi connectivity index (χ3v) is 3.25. The van der Waals surface area contributed by atoms with Crippen LogP contribution in [0.2, 0.25) is 0 Å². The number of nitrogens with zero attached hydrogens (tertiary/aromatic N) is 3. The van der Waals surface area contributed by atoms with Crippen molar-refractivity contribution in [3.63, 3.8) is 0 Å². The molecule has 0 saturated heterocycles. The van der Waals surface area contributed by atoms with Gasteiger partial charge in [0, 0.05) is 7.05 Å². The topological polar surface area (TPSA) is 59.8 Å². The van der Waals surface area contributed by atoms with E-state index in [9.17, 15) is 18.0 Å². The Balaban J connectivity index is 1.96. The molecule has 0 aliphatic carbocycles. The minimum Gasteiger partial charge on any atom is -0.349 e. The van der Waals surface area contributed by atoms with Crippen molar-refractivity contribution in [1.29, 1.82) is 0 Å². The zero-order valence-electron chi connectivity index (χ0n) is 12.1. The number of hydrogen-bond donors (Lipinski definition) is 1. The van der Waals surface area contributed by atoms with E-state index in [2.05, 4.69) is 15.5 Å². The Morgan fingerprint density at radius 2 is 2.05 bits per heavy atom. The second kappa shape index (κ2) is 6.17. The molecule has 118 valence electrons.